The molecular weight excluding hydrogens is 220 g/mol. The summed E-state index contributed by atoms with van der Waals surface area (Å²) in [6.07, 6.45) is 3.38. The molecule has 0 aromatic carbocycles. The van der Waals surface area contributed by atoms with Gasteiger partial charge < -0.3 is 10.0 Å². The minimum Gasteiger partial charge on any atom is -0.481 e. The SMILES string of the molecule is C[C@H]1CCCCN1C(=O)CN1CC(C(=O)O)C1. The maximum Gasteiger partial charge on any atom is 0.309 e. The molecule has 2 saturated heterocycles. The van der Waals surface area contributed by atoms with E-state index in [2.05, 4.69) is 6.92 Å². The number of likely N-dealkylation sites (tertiary alicyclic amines) is 2. The van der Waals surface area contributed by atoms with Crippen LogP contribution in [-0.2, 0) is 9.59 Å². The molecule has 0 bridgehead atoms. The Morgan fingerprint density at radius 1 is 1.29 bits per heavy atom. The van der Waals surface area contributed by atoms with Crippen LogP contribution in [0.4, 0.5) is 0 Å². The average molecular weight is 240 g/mol. The summed E-state index contributed by atoms with van der Waals surface area (Å²) in [5, 5.41) is 8.75. The van der Waals surface area contributed by atoms with Crippen molar-refractivity contribution < 1.29 is 14.7 Å². The van der Waals surface area contributed by atoms with Gasteiger partial charge in [-0.1, -0.05) is 0 Å². The molecule has 2 rings (SSSR count). The number of aliphatic carboxylic acids is 1. The first-order valence-electron chi connectivity index (χ1n) is 6.32. The number of nitrogens with zero attached hydrogens (tertiary/aromatic N) is 2. The van der Waals surface area contributed by atoms with Crippen LogP contribution in [0.5, 0.6) is 0 Å². The number of rotatable bonds is 3. The summed E-state index contributed by atoms with van der Waals surface area (Å²) in [5.74, 6) is -0.873. The van der Waals surface area contributed by atoms with Gasteiger partial charge in [0.1, 0.15) is 0 Å². The second-order valence-electron chi connectivity index (χ2n) is 5.16. The second-order valence-corrected chi connectivity index (χ2v) is 5.16. The smallest absolute Gasteiger partial charge is 0.309 e. The number of carbonyl (C=O) groups excluding carboxylic acids is 1. The Bertz CT molecular complexity index is 313. The predicted octanol–water partition coefficient (Wildman–Crippen LogP) is 0.404. The van der Waals surface area contributed by atoms with Gasteiger partial charge in [-0.15, -0.1) is 0 Å². The Morgan fingerprint density at radius 3 is 2.59 bits per heavy atom. The molecule has 5 nitrogen and oxygen atoms in total. The van der Waals surface area contributed by atoms with Crippen LogP contribution in [0.25, 0.3) is 0 Å². The van der Waals surface area contributed by atoms with Crippen molar-refractivity contribution in [3.63, 3.8) is 0 Å². The Kier molecular flexibility index (Phi) is 3.66. The van der Waals surface area contributed by atoms with E-state index in [-0.39, 0.29) is 11.8 Å². The standard InChI is InChI=1S/C12H20N2O3/c1-9-4-2-3-5-14(9)11(15)8-13-6-10(7-13)12(16)17/h9-10H,2-8H2,1H3,(H,16,17)/t9-/m0/s1. The summed E-state index contributed by atoms with van der Waals surface area (Å²) >= 11 is 0. The molecule has 2 aliphatic rings. The van der Waals surface area contributed by atoms with Gasteiger partial charge in [-0.25, -0.2) is 0 Å². The van der Waals surface area contributed by atoms with Crippen LogP contribution < -0.4 is 0 Å². The molecular formula is C12H20N2O3. The molecule has 17 heavy (non-hydrogen) atoms. The zero-order valence-electron chi connectivity index (χ0n) is 10.3. The Balaban J connectivity index is 1.76. The second kappa shape index (κ2) is 5.04. The van der Waals surface area contributed by atoms with Gasteiger partial charge >= 0.3 is 5.97 Å². The minimum atomic E-state index is -0.750. The monoisotopic (exact) mass is 240 g/mol. The molecule has 0 aliphatic carbocycles. The van der Waals surface area contributed by atoms with Gasteiger partial charge in [-0.05, 0) is 26.2 Å². The molecule has 96 valence electrons. The zero-order chi connectivity index (χ0) is 12.4. The maximum atomic E-state index is 12.0. The lowest BCUT2D eigenvalue weighted by molar-refractivity contribution is -0.150. The topological polar surface area (TPSA) is 60.9 Å². The van der Waals surface area contributed by atoms with Gasteiger partial charge in [-0.3, -0.25) is 14.5 Å². The van der Waals surface area contributed by atoms with E-state index in [0.29, 0.717) is 25.7 Å². The lowest BCUT2D eigenvalue weighted by atomic mass is 10.00. The van der Waals surface area contributed by atoms with Gasteiger partial charge in [0.2, 0.25) is 5.91 Å². The first-order valence-corrected chi connectivity index (χ1v) is 6.32. The molecule has 0 radical (unpaired) electrons. The van der Waals surface area contributed by atoms with Gasteiger partial charge in [0.25, 0.3) is 0 Å². The quantitative estimate of drug-likeness (QED) is 0.776. The lowest BCUT2D eigenvalue weighted by Crippen LogP contribution is -2.55. The lowest BCUT2D eigenvalue weighted by Gasteiger charge is -2.39. The van der Waals surface area contributed by atoms with Gasteiger partial charge in [0.15, 0.2) is 0 Å². The third kappa shape index (κ3) is 2.77. The third-order valence-electron chi connectivity index (χ3n) is 3.79. The fourth-order valence-electron chi connectivity index (χ4n) is 2.61. The van der Waals surface area contributed by atoms with Crippen LogP contribution in [0, 0.1) is 5.92 Å². The number of piperidine rings is 1. The van der Waals surface area contributed by atoms with E-state index < -0.39 is 5.97 Å². The van der Waals surface area contributed by atoms with E-state index in [1.54, 1.807) is 0 Å². The molecule has 2 fully saturated rings. The molecule has 0 spiro atoms. The van der Waals surface area contributed by atoms with Crippen molar-refractivity contribution in [3.05, 3.63) is 0 Å². The fraction of sp³-hybridized carbons (Fsp3) is 0.833. The molecule has 1 N–H and O–H groups in total. The molecule has 5 heteroatoms. The highest BCUT2D eigenvalue weighted by Crippen LogP contribution is 2.19. The normalized spacial score (nSPS) is 26.6. The summed E-state index contributed by atoms with van der Waals surface area (Å²) in [7, 11) is 0. The maximum absolute atomic E-state index is 12.0. The van der Waals surface area contributed by atoms with Crippen molar-refractivity contribution >= 4 is 11.9 Å². The highest BCUT2D eigenvalue weighted by Gasteiger charge is 2.34. The third-order valence-corrected chi connectivity index (χ3v) is 3.79. The summed E-state index contributed by atoms with van der Waals surface area (Å²) < 4.78 is 0. The molecule has 2 aliphatic heterocycles. The van der Waals surface area contributed by atoms with E-state index >= 15 is 0 Å². The van der Waals surface area contributed by atoms with Crippen molar-refractivity contribution in [1.29, 1.82) is 0 Å². The van der Waals surface area contributed by atoms with Gasteiger partial charge in [0, 0.05) is 25.7 Å². The van der Waals surface area contributed by atoms with E-state index in [9.17, 15) is 9.59 Å². The predicted molar refractivity (Wildman–Crippen MR) is 62.6 cm³/mol. The van der Waals surface area contributed by atoms with Crippen molar-refractivity contribution in [1.82, 2.24) is 9.80 Å². The van der Waals surface area contributed by atoms with Crippen LogP contribution >= 0.6 is 0 Å². The minimum absolute atomic E-state index is 0.154. The molecule has 2 heterocycles. The molecule has 0 unspecified atom stereocenters. The highest BCUT2D eigenvalue weighted by molar-refractivity contribution is 5.79. The Hall–Kier alpha value is -1.10. The van der Waals surface area contributed by atoms with Gasteiger partial charge in [-0.2, -0.15) is 0 Å². The van der Waals surface area contributed by atoms with Crippen molar-refractivity contribution in [2.75, 3.05) is 26.2 Å². The summed E-state index contributed by atoms with van der Waals surface area (Å²) in [4.78, 5) is 26.5. The van der Waals surface area contributed by atoms with E-state index in [4.69, 9.17) is 5.11 Å². The van der Waals surface area contributed by atoms with E-state index in [1.165, 1.54) is 6.42 Å². The number of hydrogen-bond donors (Lipinski definition) is 1. The van der Waals surface area contributed by atoms with Crippen LogP contribution in [0.1, 0.15) is 26.2 Å². The largest absolute Gasteiger partial charge is 0.481 e. The first kappa shape index (κ1) is 12.4. The fourth-order valence-corrected chi connectivity index (χ4v) is 2.61. The Morgan fingerprint density at radius 2 is 2.00 bits per heavy atom. The van der Waals surface area contributed by atoms with E-state index in [1.807, 2.05) is 9.80 Å². The zero-order valence-corrected chi connectivity index (χ0v) is 10.3. The van der Waals surface area contributed by atoms with Crippen LogP contribution in [-0.4, -0.2) is 59.0 Å². The molecule has 0 saturated carbocycles. The highest BCUT2D eigenvalue weighted by atomic mass is 16.4. The number of carboxylic acid groups (broad SMARTS) is 1. The van der Waals surface area contributed by atoms with Crippen molar-refractivity contribution in [2.45, 2.75) is 32.2 Å². The van der Waals surface area contributed by atoms with Gasteiger partial charge in [0.05, 0.1) is 12.5 Å². The number of hydrogen-bond acceptors (Lipinski definition) is 3. The summed E-state index contributed by atoms with van der Waals surface area (Å²) in [6, 6.07) is 0.341. The number of carbonyl (C=O) groups is 2. The van der Waals surface area contributed by atoms with Crippen LogP contribution in [0.2, 0.25) is 0 Å². The molecule has 0 aromatic rings. The van der Waals surface area contributed by atoms with Crippen LogP contribution in [0.3, 0.4) is 0 Å². The summed E-state index contributed by atoms with van der Waals surface area (Å²) in [6.45, 7) is 4.37. The number of carboxylic acids is 1. The van der Waals surface area contributed by atoms with Crippen LogP contribution in [0.15, 0.2) is 0 Å². The average Bonchev–Trinajstić information content (AvgIpc) is 2.22. The van der Waals surface area contributed by atoms with Crippen molar-refractivity contribution in [2.24, 2.45) is 5.92 Å². The Labute approximate surface area is 101 Å². The van der Waals surface area contributed by atoms with Crippen molar-refractivity contribution in [3.8, 4) is 0 Å². The number of amides is 1. The van der Waals surface area contributed by atoms with E-state index in [0.717, 1.165) is 19.4 Å². The summed E-state index contributed by atoms with van der Waals surface area (Å²) in [5.41, 5.74) is 0. The molecule has 0 aromatic heterocycles. The molecule has 1 atom stereocenters. The first-order chi connectivity index (χ1) is 8.08. The molecule has 1 amide bonds.